The number of hydrogen-bond donors (Lipinski definition) is 1. The summed E-state index contributed by atoms with van der Waals surface area (Å²) >= 11 is 0. The molecule has 2 rings (SSSR count). The zero-order chi connectivity index (χ0) is 13.8. The fraction of sp³-hybridized carbons (Fsp3) is 0.533. The van der Waals surface area contributed by atoms with Crippen LogP contribution in [0.2, 0.25) is 0 Å². The third-order valence-corrected chi connectivity index (χ3v) is 3.85. The second-order valence-corrected chi connectivity index (χ2v) is 5.23. The number of carbonyl (C=O) groups is 1. The highest BCUT2D eigenvalue weighted by atomic mass is 19.1. The molecular formula is C15H21FN2O. The maximum Gasteiger partial charge on any atom is 0.166 e. The molecule has 0 aromatic heterocycles. The van der Waals surface area contributed by atoms with E-state index in [0.717, 1.165) is 32.5 Å². The van der Waals surface area contributed by atoms with Crippen LogP contribution in [0.1, 0.15) is 28.8 Å². The second kappa shape index (κ2) is 6.26. The summed E-state index contributed by atoms with van der Waals surface area (Å²) < 4.78 is 13.2. The highest BCUT2D eigenvalue weighted by Gasteiger charge is 2.25. The summed E-state index contributed by atoms with van der Waals surface area (Å²) in [5.41, 5.74) is 6.70. The van der Waals surface area contributed by atoms with Crippen molar-refractivity contribution in [2.45, 2.75) is 19.8 Å². The predicted molar refractivity (Wildman–Crippen MR) is 73.7 cm³/mol. The minimum Gasteiger partial charge on any atom is -0.329 e. The van der Waals surface area contributed by atoms with Crippen molar-refractivity contribution in [1.29, 1.82) is 0 Å². The first-order chi connectivity index (χ1) is 9.11. The van der Waals surface area contributed by atoms with E-state index >= 15 is 0 Å². The molecule has 0 bridgehead atoms. The Morgan fingerprint density at radius 1 is 1.42 bits per heavy atom. The number of piperidine rings is 1. The van der Waals surface area contributed by atoms with Crippen molar-refractivity contribution in [2.75, 3.05) is 26.2 Å². The number of nitrogens with zero attached hydrogens (tertiary/aromatic N) is 1. The molecule has 1 fully saturated rings. The van der Waals surface area contributed by atoms with E-state index in [0.29, 0.717) is 17.7 Å². The van der Waals surface area contributed by atoms with Gasteiger partial charge in [0.2, 0.25) is 0 Å². The molecule has 19 heavy (non-hydrogen) atoms. The van der Waals surface area contributed by atoms with Crippen molar-refractivity contribution in [3.63, 3.8) is 0 Å². The van der Waals surface area contributed by atoms with Crippen molar-refractivity contribution in [3.05, 3.63) is 35.1 Å². The van der Waals surface area contributed by atoms with E-state index in [1.807, 2.05) is 0 Å². The van der Waals surface area contributed by atoms with Gasteiger partial charge in [-0.25, -0.2) is 4.39 Å². The van der Waals surface area contributed by atoms with Crippen LogP contribution in [0, 0.1) is 18.7 Å². The number of likely N-dealkylation sites (tertiary alicyclic amines) is 1. The van der Waals surface area contributed by atoms with Crippen molar-refractivity contribution >= 4 is 5.78 Å². The topological polar surface area (TPSA) is 46.3 Å². The Kier molecular flexibility index (Phi) is 4.66. The molecule has 1 aromatic rings. The van der Waals surface area contributed by atoms with Gasteiger partial charge in [-0.2, -0.15) is 0 Å². The van der Waals surface area contributed by atoms with Gasteiger partial charge in [-0.15, -0.1) is 0 Å². The van der Waals surface area contributed by atoms with Gasteiger partial charge >= 0.3 is 0 Å². The smallest absolute Gasteiger partial charge is 0.166 e. The maximum absolute atomic E-state index is 13.2. The quantitative estimate of drug-likeness (QED) is 0.846. The molecule has 2 N–H and O–H groups in total. The Labute approximate surface area is 113 Å². The lowest BCUT2D eigenvalue weighted by Gasteiger charge is -2.30. The molecule has 0 aliphatic carbocycles. The van der Waals surface area contributed by atoms with Crippen LogP contribution in [0.4, 0.5) is 4.39 Å². The number of nitrogens with two attached hydrogens (primary N) is 1. The molecule has 1 aromatic carbocycles. The summed E-state index contributed by atoms with van der Waals surface area (Å²) in [6.07, 6.45) is 1.74. The lowest BCUT2D eigenvalue weighted by Crippen LogP contribution is -2.39. The van der Waals surface area contributed by atoms with Gasteiger partial charge in [0.25, 0.3) is 0 Å². The molecule has 0 atom stereocenters. The standard InChI is InChI=1S/C15H21FN2O/c1-11-10-13(2-3-14(11)16)15(19)12-4-7-18(8-5-12)9-6-17/h2-3,10,12H,4-9,17H2,1H3. The number of hydrogen-bond acceptors (Lipinski definition) is 3. The van der Waals surface area contributed by atoms with Gasteiger partial charge in [0, 0.05) is 24.6 Å². The van der Waals surface area contributed by atoms with Crippen molar-refractivity contribution in [2.24, 2.45) is 11.7 Å². The molecule has 1 aliphatic rings. The molecule has 0 spiro atoms. The van der Waals surface area contributed by atoms with Crippen LogP contribution in [-0.2, 0) is 0 Å². The van der Waals surface area contributed by atoms with Crippen LogP contribution in [0.15, 0.2) is 18.2 Å². The molecule has 0 radical (unpaired) electrons. The van der Waals surface area contributed by atoms with Gasteiger partial charge in [0.15, 0.2) is 5.78 Å². The lowest BCUT2D eigenvalue weighted by atomic mass is 9.88. The fourth-order valence-electron chi connectivity index (χ4n) is 2.63. The summed E-state index contributed by atoms with van der Waals surface area (Å²) in [5, 5.41) is 0. The third-order valence-electron chi connectivity index (χ3n) is 3.85. The van der Waals surface area contributed by atoms with Crippen LogP contribution in [0.5, 0.6) is 0 Å². The average molecular weight is 264 g/mol. The van der Waals surface area contributed by atoms with Gasteiger partial charge in [-0.05, 0) is 56.6 Å². The van der Waals surface area contributed by atoms with E-state index in [1.165, 1.54) is 6.07 Å². The molecule has 3 nitrogen and oxygen atoms in total. The van der Waals surface area contributed by atoms with Crippen LogP contribution in [0.25, 0.3) is 0 Å². The number of ketones is 1. The minimum absolute atomic E-state index is 0.0684. The SMILES string of the molecule is Cc1cc(C(=O)C2CCN(CCN)CC2)ccc1F. The summed E-state index contributed by atoms with van der Waals surface area (Å²) in [6.45, 7) is 5.10. The van der Waals surface area contributed by atoms with E-state index in [1.54, 1.807) is 19.1 Å². The average Bonchev–Trinajstić information content (AvgIpc) is 2.42. The molecular weight excluding hydrogens is 243 g/mol. The normalized spacial score (nSPS) is 17.6. The van der Waals surface area contributed by atoms with Gasteiger partial charge in [0.1, 0.15) is 5.82 Å². The first-order valence-electron chi connectivity index (χ1n) is 6.84. The van der Waals surface area contributed by atoms with Crippen molar-refractivity contribution in [3.8, 4) is 0 Å². The highest BCUT2D eigenvalue weighted by Crippen LogP contribution is 2.22. The van der Waals surface area contributed by atoms with Gasteiger partial charge < -0.3 is 10.6 Å². The van der Waals surface area contributed by atoms with Crippen LogP contribution in [0.3, 0.4) is 0 Å². The molecule has 4 heteroatoms. The van der Waals surface area contributed by atoms with Gasteiger partial charge in [-0.3, -0.25) is 4.79 Å². The van der Waals surface area contributed by atoms with E-state index in [9.17, 15) is 9.18 Å². The molecule has 104 valence electrons. The second-order valence-electron chi connectivity index (χ2n) is 5.23. The summed E-state index contributed by atoms with van der Waals surface area (Å²) in [7, 11) is 0. The number of rotatable bonds is 4. The summed E-state index contributed by atoms with van der Waals surface area (Å²) in [5.74, 6) is -0.0382. The van der Waals surface area contributed by atoms with Crippen molar-refractivity contribution < 1.29 is 9.18 Å². The van der Waals surface area contributed by atoms with E-state index in [2.05, 4.69) is 4.90 Å². The zero-order valence-electron chi connectivity index (χ0n) is 11.4. The predicted octanol–water partition coefficient (Wildman–Crippen LogP) is 1.99. The Hall–Kier alpha value is -1.26. The Bertz CT molecular complexity index is 453. The Morgan fingerprint density at radius 2 is 2.11 bits per heavy atom. The zero-order valence-corrected chi connectivity index (χ0v) is 11.4. The molecule has 0 saturated carbocycles. The highest BCUT2D eigenvalue weighted by molar-refractivity contribution is 5.98. The molecule has 1 heterocycles. The minimum atomic E-state index is -0.255. The van der Waals surface area contributed by atoms with E-state index < -0.39 is 0 Å². The van der Waals surface area contributed by atoms with E-state index in [-0.39, 0.29) is 17.5 Å². The molecule has 1 aliphatic heterocycles. The molecule has 0 amide bonds. The number of Topliss-reactive ketones (excluding diaryl/α,β-unsaturated/α-hetero) is 1. The lowest BCUT2D eigenvalue weighted by molar-refractivity contribution is 0.0842. The first kappa shape index (κ1) is 14.2. The number of aryl methyl sites for hydroxylation is 1. The monoisotopic (exact) mass is 264 g/mol. The van der Waals surface area contributed by atoms with E-state index in [4.69, 9.17) is 5.73 Å². The van der Waals surface area contributed by atoms with Crippen molar-refractivity contribution in [1.82, 2.24) is 4.90 Å². The summed E-state index contributed by atoms with van der Waals surface area (Å²) in [4.78, 5) is 14.7. The van der Waals surface area contributed by atoms with Crippen LogP contribution in [-0.4, -0.2) is 36.9 Å². The maximum atomic E-state index is 13.2. The van der Waals surface area contributed by atoms with Crippen LogP contribution >= 0.6 is 0 Å². The fourth-order valence-corrected chi connectivity index (χ4v) is 2.63. The summed E-state index contributed by atoms with van der Waals surface area (Å²) in [6, 6.07) is 4.63. The Balaban J connectivity index is 1.99. The Morgan fingerprint density at radius 3 is 2.68 bits per heavy atom. The van der Waals surface area contributed by atoms with Crippen LogP contribution < -0.4 is 5.73 Å². The first-order valence-corrected chi connectivity index (χ1v) is 6.84. The largest absolute Gasteiger partial charge is 0.329 e. The van der Waals surface area contributed by atoms with Gasteiger partial charge in [-0.1, -0.05) is 0 Å². The third kappa shape index (κ3) is 3.39. The number of benzene rings is 1. The number of halogens is 1. The number of carbonyl (C=O) groups excluding carboxylic acids is 1. The molecule has 1 saturated heterocycles. The van der Waals surface area contributed by atoms with Gasteiger partial charge in [0.05, 0.1) is 0 Å². The molecule has 0 unspecified atom stereocenters.